The Bertz CT molecular complexity index is 384. The van der Waals surface area contributed by atoms with Crippen LogP contribution in [0.4, 0.5) is 0 Å². The molecule has 1 aliphatic carbocycles. The van der Waals surface area contributed by atoms with E-state index >= 15 is 0 Å². The van der Waals surface area contributed by atoms with Crippen LogP contribution < -0.4 is 0 Å². The summed E-state index contributed by atoms with van der Waals surface area (Å²) in [5.74, 6) is 1.32. The van der Waals surface area contributed by atoms with E-state index in [1.165, 1.54) is 36.0 Å². The van der Waals surface area contributed by atoms with E-state index in [-0.39, 0.29) is 0 Å². The number of carbonyl (C=O) groups excluding carboxylic acids is 1. The largest absolute Gasteiger partial charge is 0.299 e. The molecule has 0 spiro atoms. The number of benzene rings is 1. The van der Waals surface area contributed by atoms with Crippen LogP contribution in [0.1, 0.15) is 29.5 Å². The Kier molecular flexibility index (Phi) is 4.05. The molecule has 0 aliphatic heterocycles. The van der Waals surface area contributed by atoms with E-state index in [2.05, 4.69) is 18.2 Å². The fourth-order valence-corrected chi connectivity index (χ4v) is 2.70. The predicted octanol–water partition coefficient (Wildman–Crippen LogP) is 3.04. The molecule has 1 aliphatic rings. The van der Waals surface area contributed by atoms with Gasteiger partial charge in [0.05, 0.1) is 0 Å². The lowest BCUT2D eigenvalue weighted by atomic mass is 10.0. The van der Waals surface area contributed by atoms with Gasteiger partial charge in [-0.15, -0.1) is 0 Å². The first-order chi connectivity index (χ1) is 7.79. The van der Waals surface area contributed by atoms with Crippen molar-refractivity contribution in [1.82, 2.24) is 0 Å². The maximum absolute atomic E-state index is 11.7. The number of hydrogen-bond donors (Lipinski definition) is 0. The van der Waals surface area contributed by atoms with E-state index in [1.807, 2.05) is 6.26 Å². The lowest BCUT2D eigenvalue weighted by Gasteiger charge is -2.04. The zero-order valence-corrected chi connectivity index (χ0v) is 10.6. The first-order valence-electron chi connectivity index (χ1n) is 5.91. The topological polar surface area (TPSA) is 17.1 Å². The van der Waals surface area contributed by atoms with Crippen molar-refractivity contribution in [2.75, 3.05) is 12.0 Å². The molecule has 0 N–H and O–H groups in total. The third kappa shape index (κ3) is 2.88. The van der Waals surface area contributed by atoms with Crippen molar-refractivity contribution < 1.29 is 4.79 Å². The third-order valence-electron chi connectivity index (χ3n) is 3.15. The highest BCUT2D eigenvalue weighted by Crippen LogP contribution is 2.23. The van der Waals surface area contributed by atoms with E-state index in [0.29, 0.717) is 18.6 Å². The average Bonchev–Trinajstić information content (AvgIpc) is 2.73. The smallest absolute Gasteiger partial charge is 0.138 e. The molecular formula is C14H18OS. The van der Waals surface area contributed by atoms with Crippen LogP contribution in [-0.4, -0.2) is 17.8 Å². The highest BCUT2D eigenvalue weighted by Gasteiger charge is 2.11. The van der Waals surface area contributed by atoms with Gasteiger partial charge in [-0.25, -0.2) is 0 Å². The van der Waals surface area contributed by atoms with Gasteiger partial charge >= 0.3 is 0 Å². The Balaban J connectivity index is 1.97. The van der Waals surface area contributed by atoms with Crippen LogP contribution >= 0.6 is 11.8 Å². The molecule has 1 nitrogen and oxygen atoms in total. The summed E-state index contributed by atoms with van der Waals surface area (Å²) in [5, 5.41) is 0. The molecule has 0 saturated carbocycles. The summed E-state index contributed by atoms with van der Waals surface area (Å²) in [5.41, 5.74) is 4.15. The van der Waals surface area contributed by atoms with Crippen molar-refractivity contribution in [3.05, 3.63) is 34.9 Å². The Hall–Kier alpha value is -0.760. The van der Waals surface area contributed by atoms with Crippen LogP contribution in [0.5, 0.6) is 0 Å². The molecule has 0 fully saturated rings. The van der Waals surface area contributed by atoms with Crippen molar-refractivity contribution in [3.63, 3.8) is 0 Å². The molecule has 0 unspecified atom stereocenters. The molecule has 16 heavy (non-hydrogen) atoms. The number of rotatable bonds is 5. The van der Waals surface area contributed by atoms with Gasteiger partial charge in [0, 0.05) is 12.8 Å². The van der Waals surface area contributed by atoms with Gasteiger partial charge in [-0.3, -0.25) is 4.79 Å². The van der Waals surface area contributed by atoms with Crippen LogP contribution in [0.25, 0.3) is 0 Å². The van der Waals surface area contributed by atoms with Gasteiger partial charge in [-0.2, -0.15) is 11.8 Å². The van der Waals surface area contributed by atoms with Crippen molar-refractivity contribution in [3.8, 4) is 0 Å². The molecule has 0 bridgehead atoms. The number of carbonyl (C=O) groups is 1. The molecule has 1 aromatic carbocycles. The maximum Gasteiger partial charge on any atom is 0.138 e. The van der Waals surface area contributed by atoms with Crippen LogP contribution in [0, 0.1) is 0 Å². The summed E-state index contributed by atoms with van der Waals surface area (Å²) < 4.78 is 0. The summed E-state index contributed by atoms with van der Waals surface area (Å²) in [6.45, 7) is 0. The van der Waals surface area contributed by atoms with Crippen molar-refractivity contribution in [1.29, 1.82) is 0 Å². The monoisotopic (exact) mass is 234 g/mol. The molecule has 0 radical (unpaired) electrons. The van der Waals surface area contributed by atoms with Crippen molar-refractivity contribution in [2.45, 2.75) is 32.1 Å². The number of thioether (sulfide) groups is 1. The first kappa shape index (κ1) is 11.7. The summed E-state index contributed by atoms with van der Waals surface area (Å²) in [7, 11) is 0. The number of ketones is 1. The van der Waals surface area contributed by atoms with E-state index in [1.54, 1.807) is 11.8 Å². The van der Waals surface area contributed by atoms with Gasteiger partial charge in [0.2, 0.25) is 0 Å². The van der Waals surface area contributed by atoms with Gasteiger partial charge in [0.1, 0.15) is 5.78 Å². The lowest BCUT2D eigenvalue weighted by Crippen LogP contribution is -2.04. The van der Waals surface area contributed by atoms with Crippen molar-refractivity contribution >= 4 is 17.5 Å². The van der Waals surface area contributed by atoms with E-state index in [9.17, 15) is 4.79 Å². The summed E-state index contributed by atoms with van der Waals surface area (Å²) >= 11 is 1.74. The van der Waals surface area contributed by atoms with Gasteiger partial charge < -0.3 is 0 Å². The molecule has 2 heteroatoms. The SMILES string of the molecule is CSCCC(=O)Cc1ccc2c(c1)CCC2. The second-order valence-electron chi connectivity index (χ2n) is 4.41. The second-order valence-corrected chi connectivity index (χ2v) is 5.40. The van der Waals surface area contributed by atoms with Gasteiger partial charge in [-0.05, 0) is 48.0 Å². The second kappa shape index (κ2) is 5.53. The minimum absolute atomic E-state index is 0.368. The van der Waals surface area contributed by atoms with Crippen LogP contribution in [0.3, 0.4) is 0 Å². The summed E-state index contributed by atoms with van der Waals surface area (Å²) in [6, 6.07) is 6.57. The fourth-order valence-electron chi connectivity index (χ4n) is 2.27. The summed E-state index contributed by atoms with van der Waals surface area (Å²) in [6.07, 6.45) is 7.06. The molecule has 0 saturated heterocycles. The van der Waals surface area contributed by atoms with Crippen LogP contribution in [-0.2, 0) is 24.1 Å². The minimum Gasteiger partial charge on any atom is -0.299 e. The lowest BCUT2D eigenvalue weighted by molar-refractivity contribution is -0.118. The maximum atomic E-state index is 11.7. The quantitative estimate of drug-likeness (QED) is 0.779. The zero-order valence-electron chi connectivity index (χ0n) is 9.79. The highest BCUT2D eigenvalue weighted by atomic mass is 32.2. The molecule has 0 aromatic heterocycles. The molecule has 86 valence electrons. The zero-order chi connectivity index (χ0) is 11.4. The minimum atomic E-state index is 0.368. The molecule has 0 heterocycles. The third-order valence-corrected chi connectivity index (χ3v) is 3.76. The molecule has 0 atom stereocenters. The number of hydrogen-bond acceptors (Lipinski definition) is 2. The van der Waals surface area contributed by atoms with E-state index in [0.717, 1.165) is 5.75 Å². The summed E-state index contributed by atoms with van der Waals surface area (Å²) in [4.78, 5) is 11.7. The molecule has 1 aromatic rings. The predicted molar refractivity (Wildman–Crippen MR) is 70.2 cm³/mol. The number of fused-ring (bicyclic) bond motifs is 1. The average molecular weight is 234 g/mol. The first-order valence-corrected chi connectivity index (χ1v) is 7.30. The van der Waals surface area contributed by atoms with Crippen LogP contribution in [0.2, 0.25) is 0 Å². The van der Waals surface area contributed by atoms with Crippen molar-refractivity contribution in [2.24, 2.45) is 0 Å². The Labute approximate surface area is 102 Å². The standard InChI is InChI=1S/C14H18OS/c1-16-8-7-14(15)10-11-5-6-12-3-2-4-13(12)9-11/h5-6,9H,2-4,7-8,10H2,1H3. The van der Waals surface area contributed by atoms with Gasteiger partial charge in [-0.1, -0.05) is 18.2 Å². The number of aryl methyl sites for hydroxylation is 2. The Morgan fingerprint density at radius 3 is 2.94 bits per heavy atom. The van der Waals surface area contributed by atoms with Crippen LogP contribution in [0.15, 0.2) is 18.2 Å². The normalized spacial score (nSPS) is 13.8. The fraction of sp³-hybridized carbons (Fsp3) is 0.500. The molecular weight excluding hydrogens is 216 g/mol. The molecule has 0 amide bonds. The van der Waals surface area contributed by atoms with E-state index in [4.69, 9.17) is 0 Å². The number of Topliss-reactive ketones (excluding diaryl/α,β-unsaturated/α-hetero) is 1. The molecule has 2 rings (SSSR count). The van der Waals surface area contributed by atoms with Gasteiger partial charge in [0.25, 0.3) is 0 Å². The Morgan fingerprint density at radius 2 is 2.12 bits per heavy atom. The Morgan fingerprint density at radius 1 is 1.31 bits per heavy atom. The highest BCUT2D eigenvalue weighted by molar-refractivity contribution is 7.98. The van der Waals surface area contributed by atoms with E-state index < -0.39 is 0 Å². The van der Waals surface area contributed by atoms with Gasteiger partial charge in [0.15, 0.2) is 0 Å².